The van der Waals surface area contributed by atoms with Crippen molar-refractivity contribution in [2.75, 3.05) is 57.1 Å². The number of nitrogens with zero attached hydrogens (tertiary/aromatic N) is 9. The summed E-state index contributed by atoms with van der Waals surface area (Å²) in [6.07, 6.45) is 4.46. The molecule has 1 aliphatic rings. The van der Waals surface area contributed by atoms with Crippen molar-refractivity contribution < 1.29 is 28.7 Å². The van der Waals surface area contributed by atoms with Gasteiger partial charge in [-0.05, 0) is 70.5 Å². The maximum absolute atomic E-state index is 13.8. The maximum Gasteiger partial charge on any atom is 0.276 e. The number of aryl methyl sites for hydroxylation is 4. The number of anilines is 2. The minimum Gasteiger partial charge on any atom is -0.494 e. The molecule has 4 aromatic heterocycles. The SMILES string of the molecule is CCn1nc(C)cc1C(=O)Nc1nc2cc(C(=O)NN)cc(OC)c2n1C/C=C/Cn1c(NC(=O)c2cc(C)nn2CC)nc2cc(C(N)=O)cc(OCCCN3CCNCC3)c21. The number of carbonyl (C=O) groups is 4. The normalized spacial score (nSPS) is 13.2. The monoisotopic (exact) mass is 863 g/mol. The second-order valence-corrected chi connectivity index (χ2v) is 15.0. The molecule has 0 aliphatic carbocycles. The number of amides is 4. The van der Waals surface area contributed by atoms with Crippen LogP contribution in [-0.4, -0.2) is 114 Å². The molecule has 0 radical (unpaired) electrons. The lowest BCUT2D eigenvalue weighted by atomic mass is 10.1. The number of carbonyl (C=O) groups excluding carboxylic acids is 4. The lowest BCUT2D eigenvalue weighted by Gasteiger charge is -2.27. The Morgan fingerprint density at radius 1 is 0.762 bits per heavy atom. The molecule has 1 saturated heterocycles. The van der Waals surface area contributed by atoms with E-state index in [9.17, 15) is 19.2 Å². The minimum atomic E-state index is -0.652. The average Bonchev–Trinajstić information content (AvgIpc) is 4.05. The van der Waals surface area contributed by atoms with Crippen LogP contribution in [0.4, 0.5) is 11.9 Å². The van der Waals surface area contributed by atoms with Crippen LogP contribution in [0.3, 0.4) is 0 Å². The van der Waals surface area contributed by atoms with Crippen molar-refractivity contribution in [3.05, 3.63) is 82.5 Å². The van der Waals surface area contributed by atoms with E-state index in [-0.39, 0.29) is 36.1 Å². The van der Waals surface area contributed by atoms with Crippen molar-refractivity contribution in [2.45, 2.75) is 60.3 Å². The predicted molar refractivity (Wildman–Crippen MR) is 236 cm³/mol. The average molecular weight is 864 g/mol. The van der Waals surface area contributed by atoms with Gasteiger partial charge in [-0.2, -0.15) is 10.2 Å². The standard InChI is InChI=1S/C42H53N15O6/c1-6-56-31(19-25(3)51-56)39(60)48-41-47-30-22-28(38(59)50-44)24-33(62-5)35(30)54(41)14-8-9-15-55-36-29(46-42(55)49-40(61)32-20-26(4)52-57(32)7-2)21-27(37(43)58)23-34(36)63-18-10-13-53-16-11-45-12-17-53/h8-9,19-24,45H,6-7,10-18,44H2,1-5H3,(H2,43,58)(H,50,59)(H,46,49,61)(H,47,48,60)/b9-8+. The van der Waals surface area contributed by atoms with Crippen molar-refractivity contribution in [2.24, 2.45) is 11.6 Å². The van der Waals surface area contributed by atoms with Crippen molar-refractivity contribution in [1.29, 1.82) is 0 Å². The molecule has 1 fully saturated rings. The lowest BCUT2D eigenvalue weighted by molar-refractivity contribution is 0.0950. The number of ether oxygens (including phenoxy) is 2. The molecule has 21 nitrogen and oxygen atoms in total. The second-order valence-electron chi connectivity index (χ2n) is 15.0. The number of imidazole rings is 2. The summed E-state index contributed by atoms with van der Waals surface area (Å²) in [5.74, 6) is 4.48. The number of nitrogens with two attached hydrogens (primary N) is 2. The molecule has 0 atom stereocenters. The fourth-order valence-electron chi connectivity index (χ4n) is 7.66. The molecule has 21 heteroatoms. The van der Waals surface area contributed by atoms with Gasteiger partial charge in [-0.25, -0.2) is 15.8 Å². The Kier molecular flexibility index (Phi) is 13.5. The zero-order valence-electron chi connectivity index (χ0n) is 36.0. The summed E-state index contributed by atoms with van der Waals surface area (Å²) in [5, 5.41) is 18.1. The molecular formula is C42H53N15O6. The molecule has 0 unspecified atom stereocenters. The predicted octanol–water partition coefficient (Wildman–Crippen LogP) is 2.58. The first-order valence-corrected chi connectivity index (χ1v) is 20.8. The largest absolute Gasteiger partial charge is 0.494 e. The number of aromatic nitrogens is 8. The van der Waals surface area contributed by atoms with Gasteiger partial charge in [0.1, 0.15) is 33.9 Å². The van der Waals surface area contributed by atoms with Gasteiger partial charge in [-0.15, -0.1) is 0 Å². The molecule has 7 rings (SSSR count). The molecule has 2 aromatic carbocycles. The molecule has 63 heavy (non-hydrogen) atoms. The van der Waals surface area contributed by atoms with Gasteiger partial charge in [-0.1, -0.05) is 12.2 Å². The summed E-state index contributed by atoms with van der Waals surface area (Å²) in [5.41, 5.74) is 12.2. The first-order chi connectivity index (χ1) is 30.4. The molecule has 8 N–H and O–H groups in total. The fraction of sp³-hybridized carbons (Fsp3) is 0.381. The Bertz CT molecular complexity index is 2700. The van der Waals surface area contributed by atoms with E-state index in [4.69, 9.17) is 31.0 Å². The molecule has 0 saturated carbocycles. The van der Waals surface area contributed by atoms with Gasteiger partial charge in [-0.3, -0.25) is 44.6 Å². The summed E-state index contributed by atoms with van der Waals surface area (Å²) >= 11 is 0. The highest BCUT2D eigenvalue weighted by molar-refractivity contribution is 6.05. The van der Waals surface area contributed by atoms with Gasteiger partial charge in [0.25, 0.3) is 17.7 Å². The summed E-state index contributed by atoms with van der Waals surface area (Å²) in [4.78, 5) is 64.6. The Balaban J connectivity index is 1.26. The van der Waals surface area contributed by atoms with Gasteiger partial charge < -0.3 is 34.6 Å². The van der Waals surface area contributed by atoms with E-state index in [1.54, 1.807) is 55.8 Å². The van der Waals surface area contributed by atoms with Gasteiger partial charge in [0.15, 0.2) is 0 Å². The number of nitrogens with one attached hydrogen (secondary N) is 4. The van der Waals surface area contributed by atoms with E-state index in [2.05, 4.69) is 36.5 Å². The third kappa shape index (κ3) is 9.54. The summed E-state index contributed by atoms with van der Waals surface area (Å²) in [6, 6.07) is 9.66. The summed E-state index contributed by atoms with van der Waals surface area (Å²) in [6.45, 7) is 13.7. The van der Waals surface area contributed by atoms with Gasteiger partial charge >= 0.3 is 0 Å². The van der Waals surface area contributed by atoms with Crippen LogP contribution < -0.4 is 42.4 Å². The molecule has 0 spiro atoms. The Morgan fingerprint density at radius 2 is 1.29 bits per heavy atom. The Hall–Kier alpha value is -7.10. The number of allylic oxidation sites excluding steroid dienone is 2. The van der Waals surface area contributed by atoms with Crippen LogP contribution in [0, 0.1) is 13.8 Å². The lowest BCUT2D eigenvalue weighted by Crippen LogP contribution is -2.43. The van der Waals surface area contributed by atoms with Gasteiger partial charge in [0.2, 0.25) is 17.8 Å². The number of benzene rings is 2. The van der Waals surface area contributed by atoms with E-state index < -0.39 is 23.6 Å². The first-order valence-electron chi connectivity index (χ1n) is 20.8. The molecule has 5 heterocycles. The van der Waals surface area contributed by atoms with Crippen molar-refractivity contribution >= 4 is 57.6 Å². The highest BCUT2D eigenvalue weighted by atomic mass is 16.5. The maximum atomic E-state index is 13.8. The highest BCUT2D eigenvalue weighted by Crippen LogP contribution is 2.33. The number of methoxy groups -OCH3 is 1. The highest BCUT2D eigenvalue weighted by Gasteiger charge is 2.24. The summed E-state index contributed by atoms with van der Waals surface area (Å²) < 4.78 is 18.9. The van der Waals surface area contributed by atoms with E-state index >= 15 is 0 Å². The summed E-state index contributed by atoms with van der Waals surface area (Å²) in [7, 11) is 1.47. The van der Waals surface area contributed by atoms with Crippen LogP contribution in [0.5, 0.6) is 11.5 Å². The van der Waals surface area contributed by atoms with Crippen molar-refractivity contribution in [1.82, 2.24) is 54.3 Å². The topological polar surface area (TPSA) is 261 Å². The molecule has 332 valence electrons. The molecule has 4 amide bonds. The minimum absolute atomic E-state index is 0.168. The van der Waals surface area contributed by atoms with Gasteiger partial charge in [0, 0.05) is 70.0 Å². The van der Waals surface area contributed by atoms with E-state index in [1.807, 2.05) is 32.9 Å². The third-order valence-corrected chi connectivity index (χ3v) is 10.7. The number of hydrazine groups is 1. The number of nitrogen functional groups attached to an aromatic ring is 1. The molecule has 0 bridgehead atoms. The van der Waals surface area contributed by atoms with E-state index in [0.29, 0.717) is 76.0 Å². The van der Waals surface area contributed by atoms with E-state index in [0.717, 1.165) is 39.1 Å². The van der Waals surface area contributed by atoms with E-state index in [1.165, 1.54) is 13.2 Å². The number of piperazine rings is 1. The molecule has 6 aromatic rings. The number of primary amides is 1. The van der Waals surface area contributed by atoms with Crippen molar-refractivity contribution in [3.63, 3.8) is 0 Å². The van der Waals surface area contributed by atoms with Crippen LogP contribution in [0.15, 0.2) is 48.6 Å². The van der Waals surface area contributed by atoms with Crippen LogP contribution >= 0.6 is 0 Å². The zero-order chi connectivity index (χ0) is 44.8. The molecular weight excluding hydrogens is 811 g/mol. The Morgan fingerprint density at radius 3 is 1.79 bits per heavy atom. The third-order valence-electron chi connectivity index (χ3n) is 10.7. The zero-order valence-corrected chi connectivity index (χ0v) is 36.0. The van der Waals surface area contributed by atoms with Crippen LogP contribution in [0.1, 0.15) is 73.3 Å². The Labute approximate surface area is 362 Å². The molecule has 1 aliphatic heterocycles. The van der Waals surface area contributed by atoms with Crippen LogP contribution in [-0.2, 0) is 26.2 Å². The number of rotatable bonds is 18. The van der Waals surface area contributed by atoms with Gasteiger partial charge in [0.05, 0.1) is 36.1 Å². The van der Waals surface area contributed by atoms with Crippen LogP contribution in [0.2, 0.25) is 0 Å². The fourth-order valence-corrected chi connectivity index (χ4v) is 7.66. The number of hydrogen-bond donors (Lipinski definition) is 6. The smallest absolute Gasteiger partial charge is 0.276 e. The second kappa shape index (κ2) is 19.3. The van der Waals surface area contributed by atoms with Crippen molar-refractivity contribution in [3.8, 4) is 11.5 Å². The quantitative estimate of drug-likeness (QED) is 0.0239. The van der Waals surface area contributed by atoms with Crippen LogP contribution in [0.25, 0.3) is 22.1 Å². The first kappa shape index (κ1) is 44.0. The number of fused-ring (bicyclic) bond motifs is 2. The number of hydrogen-bond acceptors (Lipinski definition) is 13.